The maximum Gasteiger partial charge on any atom is 0.00509 e. The van der Waals surface area contributed by atoms with Crippen molar-refractivity contribution in [3.05, 3.63) is 35.4 Å². The number of rotatable bonds is 4. The van der Waals surface area contributed by atoms with Crippen molar-refractivity contribution in [1.29, 1.82) is 0 Å². The van der Waals surface area contributed by atoms with Crippen LogP contribution in [0.25, 0.3) is 0 Å². The van der Waals surface area contributed by atoms with Gasteiger partial charge in [-0.1, -0.05) is 24.3 Å². The van der Waals surface area contributed by atoms with Gasteiger partial charge in [0.2, 0.25) is 0 Å². The maximum atomic E-state index is 5.75. The van der Waals surface area contributed by atoms with E-state index in [-0.39, 0.29) is 36.9 Å². The molecule has 0 heterocycles. The highest BCUT2D eigenvalue weighted by atomic mass is 35.5. The fourth-order valence-corrected chi connectivity index (χ4v) is 1.63. The van der Waals surface area contributed by atoms with Gasteiger partial charge < -0.3 is 11.5 Å². The van der Waals surface area contributed by atoms with Gasteiger partial charge in [0, 0.05) is 12.1 Å². The number of halogens is 2. The average molecular weight is 265 g/mol. The van der Waals surface area contributed by atoms with E-state index in [2.05, 4.69) is 24.3 Å². The third-order valence-corrected chi connectivity index (χ3v) is 2.11. The van der Waals surface area contributed by atoms with Crippen LogP contribution < -0.4 is 11.5 Å². The molecule has 0 aliphatic rings. The second-order valence-electron chi connectivity index (χ2n) is 4.18. The van der Waals surface area contributed by atoms with Crippen LogP contribution in [0.3, 0.4) is 0 Å². The summed E-state index contributed by atoms with van der Waals surface area (Å²) in [4.78, 5) is 0. The number of hydrogen-bond donors (Lipinski definition) is 2. The molecule has 1 aromatic rings. The molecule has 0 aliphatic carbocycles. The molecule has 0 bridgehead atoms. The Morgan fingerprint density at radius 2 is 1.31 bits per heavy atom. The quantitative estimate of drug-likeness (QED) is 0.877. The highest BCUT2D eigenvalue weighted by Gasteiger charge is 2.01. The Kier molecular flexibility index (Phi) is 9.98. The third-order valence-electron chi connectivity index (χ3n) is 2.11. The molecule has 94 valence electrons. The van der Waals surface area contributed by atoms with E-state index in [0.717, 1.165) is 12.8 Å². The Balaban J connectivity index is 0. The van der Waals surface area contributed by atoms with Gasteiger partial charge in [-0.05, 0) is 37.8 Å². The molecule has 0 saturated heterocycles. The monoisotopic (exact) mass is 264 g/mol. The highest BCUT2D eigenvalue weighted by molar-refractivity contribution is 5.85. The molecule has 1 rings (SSSR count). The highest BCUT2D eigenvalue weighted by Crippen LogP contribution is 2.08. The Morgan fingerprint density at radius 1 is 0.938 bits per heavy atom. The first kappa shape index (κ1) is 18.1. The Hall–Kier alpha value is -0.280. The normalized spacial score (nSPS) is 13.2. The van der Waals surface area contributed by atoms with Crippen LogP contribution in [-0.2, 0) is 12.8 Å². The lowest BCUT2D eigenvalue weighted by Gasteiger charge is -2.09. The molecule has 0 spiro atoms. The molecule has 0 fully saturated rings. The topological polar surface area (TPSA) is 52.0 Å². The van der Waals surface area contributed by atoms with Gasteiger partial charge in [-0.15, -0.1) is 24.8 Å². The Bertz CT molecular complexity index is 263. The van der Waals surface area contributed by atoms with E-state index >= 15 is 0 Å². The summed E-state index contributed by atoms with van der Waals surface area (Å²) in [6.45, 7) is 4.05. The van der Waals surface area contributed by atoms with Gasteiger partial charge in [0.05, 0.1) is 0 Å². The Morgan fingerprint density at radius 3 is 1.62 bits per heavy atom. The minimum Gasteiger partial charge on any atom is -0.328 e. The van der Waals surface area contributed by atoms with E-state index in [1.54, 1.807) is 0 Å². The zero-order valence-corrected chi connectivity index (χ0v) is 11.5. The fraction of sp³-hybridized carbons (Fsp3) is 0.500. The van der Waals surface area contributed by atoms with E-state index in [0.29, 0.717) is 0 Å². The van der Waals surface area contributed by atoms with Gasteiger partial charge in [0.25, 0.3) is 0 Å². The molecule has 0 aliphatic heterocycles. The van der Waals surface area contributed by atoms with Crippen LogP contribution in [0.15, 0.2) is 24.3 Å². The first-order chi connectivity index (χ1) is 6.58. The van der Waals surface area contributed by atoms with Gasteiger partial charge in [-0.25, -0.2) is 0 Å². The van der Waals surface area contributed by atoms with Gasteiger partial charge in [-0.2, -0.15) is 0 Å². The van der Waals surface area contributed by atoms with Crippen LogP contribution in [-0.4, -0.2) is 12.1 Å². The molecule has 4 N–H and O–H groups in total. The smallest absolute Gasteiger partial charge is 0.00509 e. The van der Waals surface area contributed by atoms with Crippen molar-refractivity contribution >= 4 is 24.8 Å². The molecule has 0 radical (unpaired) electrons. The first-order valence-corrected chi connectivity index (χ1v) is 5.17. The molecule has 0 aromatic heterocycles. The predicted octanol–water partition coefficient (Wildman–Crippen LogP) is 2.31. The lowest BCUT2D eigenvalue weighted by Crippen LogP contribution is -2.19. The van der Waals surface area contributed by atoms with Crippen molar-refractivity contribution < 1.29 is 0 Å². The zero-order valence-electron chi connectivity index (χ0n) is 9.85. The van der Waals surface area contributed by atoms with Crippen LogP contribution in [0.2, 0.25) is 0 Å². The molecule has 16 heavy (non-hydrogen) atoms. The molecule has 2 atom stereocenters. The molecular formula is C12H22Cl2N2. The van der Waals surface area contributed by atoms with Crippen LogP contribution >= 0.6 is 24.8 Å². The lowest BCUT2D eigenvalue weighted by atomic mass is 10.0. The summed E-state index contributed by atoms with van der Waals surface area (Å²) in [6.07, 6.45) is 1.87. The predicted molar refractivity (Wildman–Crippen MR) is 75.6 cm³/mol. The summed E-state index contributed by atoms with van der Waals surface area (Å²) in [5.41, 5.74) is 14.1. The molecule has 1 aromatic carbocycles. The molecule has 0 amide bonds. The second-order valence-corrected chi connectivity index (χ2v) is 4.18. The zero-order chi connectivity index (χ0) is 10.6. The minimum absolute atomic E-state index is 0. The SMILES string of the molecule is CC(N)Cc1cccc(CC(C)N)c1.Cl.Cl. The third kappa shape index (κ3) is 7.07. The average Bonchev–Trinajstić information content (AvgIpc) is 2.01. The maximum absolute atomic E-state index is 5.75. The standard InChI is InChI=1S/C12H20N2.2ClH/c1-9(13)6-11-4-3-5-12(8-11)7-10(2)14;;/h3-5,8-10H,6-7,13-14H2,1-2H3;2*1H. The summed E-state index contributed by atoms with van der Waals surface area (Å²) >= 11 is 0. The molecule has 0 saturated carbocycles. The van der Waals surface area contributed by atoms with E-state index in [4.69, 9.17) is 11.5 Å². The van der Waals surface area contributed by atoms with E-state index in [9.17, 15) is 0 Å². The summed E-state index contributed by atoms with van der Waals surface area (Å²) < 4.78 is 0. The number of nitrogens with two attached hydrogens (primary N) is 2. The van der Waals surface area contributed by atoms with Gasteiger partial charge in [0.15, 0.2) is 0 Å². The van der Waals surface area contributed by atoms with Gasteiger partial charge in [-0.3, -0.25) is 0 Å². The first-order valence-electron chi connectivity index (χ1n) is 5.17. The van der Waals surface area contributed by atoms with Crippen molar-refractivity contribution in [2.24, 2.45) is 11.5 Å². The number of hydrogen-bond acceptors (Lipinski definition) is 2. The molecule has 2 unspecified atom stereocenters. The summed E-state index contributed by atoms with van der Waals surface area (Å²) in [6, 6.07) is 8.96. The fourth-order valence-electron chi connectivity index (χ4n) is 1.63. The largest absolute Gasteiger partial charge is 0.328 e. The summed E-state index contributed by atoms with van der Waals surface area (Å²) in [5.74, 6) is 0. The van der Waals surface area contributed by atoms with Crippen molar-refractivity contribution in [1.82, 2.24) is 0 Å². The van der Waals surface area contributed by atoms with Gasteiger partial charge >= 0.3 is 0 Å². The van der Waals surface area contributed by atoms with Crippen molar-refractivity contribution in [2.45, 2.75) is 38.8 Å². The van der Waals surface area contributed by atoms with Crippen LogP contribution in [0.5, 0.6) is 0 Å². The lowest BCUT2D eigenvalue weighted by molar-refractivity contribution is 0.725. The van der Waals surface area contributed by atoms with E-state index in [1.807, 2.05) is 13.8 Å². The molecule has 4 heteroatoms. The Labute approximate surface area is 111 Å². The van der Waals surface area contributed by atoms with Gasteiger partial charge in [0.1, 0.15) is 0 Å². The van der Waals surface area contributed by atoms with Crippen LogP contribution in [0.4, 0.5) is 0 Å². The summed E-state index contributed by atoms with van der Waals surface area (Å²) in [7, 11) is 0. The minimum atomic E-state index is 0. The summed E-state index contributed by atoms with van der Waals surface area (Å²) in [5, 5.41) is 0. The molecular weight excluding hydrogens is 243 g/mol. The van der Waals surface area contributed by atoms with Crippen molar-refractivity contribution in [3.63, 3.8) is 0 Å². The van der Waals surface area contributed by atoms with E-state index in [1.165, 1.54) is 11.1 Å². The van der Waals surface area contributed by atoms with Crippen LogP contribution in [0.1, 0.15) is 25.0 Å². The van der Waals surface area contributed by atoms with E-state index < -0.39 is 0 Å². The van der Waals surface area contributed by atoms with Crippen LogP contribution in [0, 0.1) is 0 Å². The molecule has 2 nitrogen and oxygen atoms in total. The van der Waals surface area contributed by atoms with Crippen molar-refractivity contribution in [3.8, 4) is 0 Å². The number of benzene rings is 1. The second kappa shape index (κ2) is 8.82. The van der Waals surface area contributed by atoms with Crippen molar-refractivity contribution in [2.75, 3.05) is 0 Å².